The molecule has 0 amide bonds. The second-order valence-electron chi connectivity index (χ2n) is 9.18. The van der Waals surface area contributed by atoms with Crippen molar-refractivity contribution in [3.63, 3.8) is 0 Å². The first-order valence-electron chi connectivity index (χ1n) is 12.8. The van der Waals surface area contributed by atoms with Gasteiger partial charge in [-0.15, -0.1) is 0 Å². The van der Waals surface area contributed by atoms with Crippen LogP contribution in [-0.2, 0) is 49.3 Å². The number of esters is 4. The van der Waals surface area contributed by atoms with Crippen molar-refractivity contribution in [2.24, 2.45) is 0 Å². The summed E-state index contributed by atoms with van der Waals surface area (Å²) in [6, 6.07) is 12.7. The smallest absolute Gasteiger partial charge is 0.303 e. The normalized spacial score (nSPS) is 21.7. The maximum atomic E-state index is 12.1. The van der Waals surface area contributed by atoms with Crippen molar-refractivity contribution < 1.29 is 57.1 Å². The van der Waals surface area contributed by atoms with Gasteiger partial charge in [-0.25, -0.2) is 0 Å². The van der Waals surface area contributed by atoms with Gasteiger partial charge in [0.1, 0.15) is 30.0 Å². The summed E-state index contributed by atoms with van der Waals surface area (Å²) in [6.45, 7) is 4.29. The molecule has 2 aromatic rings. The third-order valence-corrected chi connectivity index (χ3v) is 6.02. The van der Waals surface area contributed by atoms with E-state index < -0.39 is 54.6 Å². The zero-order chi connectivity index (χ0) is 30.1. The van der Waals surface area contributed by atoms with Crippen LogP contribution in [0.2, 0.25) is 0 Å². The molecule has 12 heteroatoms. The van der Waals surface area contributed by atoms with Gasteiger partial charge in [-0.3, -0.25) is 19.2 Å². The standard InChI is InChI=1S/C29H34O12/c1-16(30)36-15-25-26(37-17(2)31)27(38-18(3)32)28(39-19(4)33)29(41-25)40-24-14-23(35-6)12-9-21(24)13-20-7-10-22(34-5)11-8-20/h7-12,14,25-29H,13,15H2,1-6H3/t25-,26-,27+,28-,29?/m1/s1. The van der Waals surface area contributed by atoms with Gasteiger partial charge in [-0.05, 0) is 29.3 Å². The highest BCUT2D eigenvalue weighted by atomic mass is 16.7. The van der Waals surface area contributed by atoms with Crippen LogP contribution in [0.5, 0.6) is 17.2 Å². The Morgan fingerprint density at radius 1 is 0.707 bits per heavy atom. The van der Waals surface area contributed by atoms with Crippen molar-refractivity contribution in [1.82, 2.24) is 0 Å². The second kappa shape index (κ2) is 14.4. The molecule has 1 fully saturated rings. The van der Waals surface area contributed by atoms with Gasteiger partial charge in [0.05, 0.1) is 14.2 Å². The Balaban J connectivity index is 2.04. The Bertz CT molecular complexity index is 1220. The van der Waals surface area contributed by atoms with Crippen LogP contribution in [0.1, 0.15) is 38.8 Å². The quantitative estimate of drug-likeness (QED) is 0.288. The van der Waals surface area contributed by atoms with E-state index in [0.717, 1.165) is 31.9 Å². The first-order valence-corrected chi connectivity index (χ1v) is 12.8. The average molecular weight is 575 g/mol. The molecular formula is C29H34O12. The third kappa shape index (κ3) is 8.84. The van der Waals surface area contributed by atoms with E-state index in [1.54, 1.807) is 19.2 Å². The summed E-state index contributed by atoms with van der Waals surface area (Å²) < 4.78 is 44.5. The van der Waals surface area contributed by atoms with Crippen molar-refractivity contribution in [3.05, 3.63) is 53.6 Å². The molecule has 0 aliphatic carbocycles. The lowest BCUT2D eigenvalue weighted by molar-refractivity contribution is -0.288. The van der Waals surface area contributed by atoms with E-state index in [-0.39, 0.29) is 6.61 Å². The molecule has 1 aliphatic heterocycles. The molecular weight excluding hydrogens is 540 g/mol. The zero-order valence-electron chi connectivity index (χ0n) is 23.7. The Hall–Kier alpha value is -4.32. The topological polar surface area (TPSA) is 142 Å². The molecule has 1 unspecified atom stereocenters. The number of carbonyl (C=O) groups is 4. The molecule has 5 atom stereocenters. The molecule has 1 aliphatic rings. The van der Waals surface area contributed by atoms with E-state index in [2.05, 4.69) is 0 Å². The highest BCUT2D eigenvalue weighted by Crippen LogP contribution is 2.34. The maximum Gasteiger partial charge on any atom is 0.303 e. The largest absolute Gasteiger partial charge is 0.497 e. The summed E-state index contributed by atoms with van der Waals surface area (Å²) in [5.74, 6) is -1.30. The molecule has 0 saturated carbocycles. The third-order valence-electron chi connectivity index (χ3n) is 6.02. The zero-order valence-corrected chi connectivity index (χ0v) is 23.7. The Morgan fingerprint density at radius 3 is 1.83 bits per heavy atom. The van der Waals surface area contributed by atoms with Crippen molar-refractivity contribution in [3.8, 4) is 17.2 Å². The highest BCUT2D eigenvalue weighted by Gasteiger charge is 2.53. The number of hydrogen-bond acceptors (Lipinski definition) is 12. The van der Waals surface area contributed by atoms with Gasteiger partial charge >= 0.3 is 23.9 Å². The lowest BCUT2D eigenvalue weighted by Gasteiger charge is -2.44. The fraction of sp³-hybridized carbons (Fsp3) is 0.448. The van der Waals surface area contributed by atoms with Crippen molar-refractivity contribution in [1.29, 1.82) is 0 Å². The van der Waals surface area contributed by atoms with Gasteiger partial charge in [0.15, 0.2) is 12.2 Å². The summed E-state index contributed by atoms with van der Waals surface area (Å²) in [4.78, 5) is 47.8. The Labute approximate surface area is 237 Å². The number of carbonyl (C=O) groups excluding carboxylic acids is 4. The van der Waals surface area contributed by atoms with Gasteiger partial charge in [-0.1, -0.05) is 18.2 Å². The summed E-state index contributed by atoms with van der Waals surface area (Å²) in [5.41, 5.74) is 1.67. The van der Waals surface area contributed by atoms with Crippen LogP contribution in [0, 0.1) is 0 Å². The molecule has 0 spiro atoms. The highest BCUT2D eigenvalue weighted by molar-refractivity contribution is 5.68. The summed E-state index contributed by atoms with van der Waals surface area (Å²) in [5, 5.41) is 0. The summed E-state index contributed by atoms with van der Waals surface area (Å²) in [7, 11) is 3.08. The van der Waals surface area contributed by atoms with E-state index >= 15 is 0 Å². The van der Waals surface area contributed by atoms with Crippen LogP contribution in [-0.4, -0.2) is 75.4 Å². The molecule has 3 rings (SSSR count). The van der Waals surface area contributed by atoms with Crippen molar-refractivity contribution in [2.45, 2.75) is 64.8 Å². The molecule has 41 heavy (non-hydrogen) atoms. The molecule has 0 N–H and O–H groups in total. The predicted octanol–water partition coefficient (Wildman–Crippen LogP) is 2.76. The number of hydrogen-bond donors (Lipinski definition) is 0. The lowest BCUT2D eigenvalue weighted by Crippen LogP contribution is -2.63. The molecule has 1 saturated heterocycles. The van der Waals surface area contributed by atoms with Crippen LogP contribution >= 0.6 is 0 Å². The number of benzene rings is 2. The van der Waals surface area contributed by atoms with Crippen molar-refractivity contribution in [2.75, 3.05) is 20.8 Å². The first kappa shape index (κ1) is 31.2. The van der Waals surface area contributed by atoms with E-state index in [1.165, 1.54) is 14.0 Å². The molecule has 1 heterocycles. The van der Waals surface area contributed by atoms with Gasteiger partial charge in [0.25, 0.3) is 0 Å². The van der Waals surface area contributed by atoms with Crippen LogP contribution in [0.3, 0.4) is 0 Å². The fourth-order valence-corrected chi connectivity index (χ4v) is 4.29. The van der Waals surface area contributed by atoms with Gasteiger partial charge < -0.3 is 37.9 Å². The van der Waals surface area contributed by atoms with Gasteiger partial charge in [-0.2, -0.15) is 0 Å². The van der Waals surface area contributed by atoms with Crippen molar-refractivity contribution >= 4 is 23.9 Å². The van der Waals surface area contributed by atoms with Gasteiger partial charge in [0.2, 0.25) is 12.4 Å². The first-order chi connectivity index (χ1) is 19.5. The summed E-state index contributed by atoms with van der Waals surface area (Å²) in [6.07, 6.45) is -6.08. The van der Waals surface area contributed by atoms with Crippen LogP contribution in [0.25, 0.3) is 0 Å². The molecule has 222 valence electrons. The Morgan fingerprint density at radius 2 is 1.27 bits per heavy atom. The molecule has 12 nitrogen and oxygen atoms in total. The lowest BCUT2D eigenvalue weighted by atomic mass is 9.98. The van der Waals surface area contributed by atoms with Crippen LogP contribution in [0.4, 0.5) is 0 Å². The van der Waals surface area contributed by atoms with Gasteiger partial charge in [0, 0.05) is 40.2 Å². The summed E-state index contributed by atoms with van der Waals surface area (Å²) >= 11 is 0. The maximum absolute atomic E-state index is 12.1. The molecule has 2 aromatic carbocycles. The molecule has 0 radical (unpaired) electrons. The monoisotopic (exact) mass is 574 g/mol. The number of methoxy groups -OCH3 is 2. The second-order valence-corrected chi connectivity index (χ2v) is 9.18. The fourth-order valence-electron chi connectivity index (χ4n) is 4.29. The van der Waals surface area contributed by atoms with E-state index in [4.69, 9.17) is 37.9 Å². The van der Waals surface area contributed by atoms with E-state index in [0.29, 0.717) is 23.7 Å². The molecule has 0 bridgehead atoms. The van der Waals surface area contributed by atoms with E-state index in [9.17, 15) is 19.2 Å². The van der Waals surface area contributed by atoms with Crippen LogP contribution < -0.4 is 14.2 Å². The minimum Gasteiger partial charge on any atom is -0.497 e. The SMILES string of the molecule is COc1ccc(Cc2ccc(OC)cc2OC2O[C@H](COC(C)=O)[C@@H](OC(C)=O)[C@H](OC(C)=O)[C@H]2OC(C)=O)cc1. The minimum atomic E-state index is -1.38. The number of rotatable bonds is 11. The molecule has 0 aromatic heterocycles. The minimum absolute atomic E-state index is 0.320. The average Bonchev–Trinajstić information content (AvgIpc) is 2.91. The Kier molecular flexibility index (Phi) is 10.9. The van der Waals surface area contributed by atoms with Crippen LogP contribution in [0.15, 0.2) is 42.5 Å². The van der Waals surface area contributed by atoms with E-state index in [1.807, 2.05) is 30.3 Å². The predicted molar refractivity (Wildman–Crippen MR) is 141 cm³/mol. The number of ether oxygens (including phenoxy) is 8.